The zero-order valence-corrected chi connectivity index (χ0v) is 41.9. The summed E-state index contributed by atoms with van der Waals surface area (Å²) in [4.78, 5) is 2.39. The highest BCUT2D eigenvalue weighted by Crippen LogP contribution is 2.55. The van der Waals surface area contributed by atoms with Gasteiger partial charge in [0.2, 0.25) is 0 Å². The lowest BCUT2D eigenvalue weighted by Gasteiger charge is -2.28. The van der Waals surface area contributed by atoms with Crippen molar-refractivity contribution in [1.29, 1.82) is 0 Å². The van der Waals surface area contributed by atoms with E-state index in [-0.39, 0.29) is 10.8 Å². The zero-order chi connectivity index (χ0) is 49.5. The van der Waals surface area contributed by atoms with Crippen molar-refractivity contribution in [3.05, 3.63) is 295 Å². The lowest BCUT2D eigenvalue weighted by Crippen LogP contribution is -2.22. The minimum absolute atomic E-state index is 0.122. The Morgan fingerprint density at radius 1 is 0.270 bits per heavy atom. The minimum atomic E-state index is -0.260. The van der Waals surface area contributed by atoms with E-state index in [0.717, 1.165) is 17.1 Å². The molecule has 0 aliphatic heterocycles. The summed E-state index contributed by atoms with van der Waals surface area (Å²) in [6.07, 6.45) is 0. The molecule has 1 heteroatoms. The van der Waals surface area contributed by atoms with E-state index < -0.39 is 0 Å². The van der Waals surface area contributed by atoms with Crippen molar-refractivity contribution in [3.8, 4) is 66.8 Å². The lowest BCUT2D eigenvalue weighted by atomic mass is 9.74. The van der Waals surface area contributed by atoms with Gasteiger partial charge in [-0.25, -0.2) is 0 Å². The summed E-state index contributed by atoms with van der Waals surface area (Å²) in [6.45, 7) is 7.15. The van der Waals surface area contributed by atoms with Crippen molar-refractivity contribution >= 4 is 38.6 Å². The molecule has 0 fully saturated rings. The average molecular weight is 944 g/mol. The summed E-state index contributed by atoms with van der Waals surface area (Å²) < 4.78 is 0. The van der Waals surface area contributed by atoms with Crippen LogP contribution in [0.15, 0.2) is 267 Å². The first-order valence-corrected chi connectivity index (χ1v) is 26.0. The second kappa shape index (κ2) is 17.0. The molecule has 0 N–H and O–H groups in total. The number of hydrogen-bond acceptors (Lipinski definition) is 1. The van der Waals surface area contributed by atoms with Crippen LogP contribution in [0.5, 0.6) is 0 Å². The average Bonchev–Trinajstić information content (AvgIpc) is 3.92. The maximum Gasteiger partial charge on any atom is 0.0462 e. The molecule has 1 unspecified atom stereocenters. The van der Waals surface area contributed by atoms with Crippen LogP contribution >= 0.6 is 0 Å². The fourth-order valence-corrected chi connectivity index (χ4v) is 12.8. The predicted octanol–water partition coefficient (Wildman–Crippen LogP) is 19.8. The van der Waals surface area contributed by atoms with Crippen molar-refractivity contribution in [3.63, 3.8) is 0 Å². The van der Waals surface area contributed by atoms with E-state index in [0.29, 0.717) is 0 Å². The monoisotopic (exact) mass is 943 g/mol. The molecule has 0 aromatic heterocycles. The SMILES string of the molecule is CC1(C)c2ccccc2-c2cccc(-c3ccccc3-c3ccc(N(c4ccc(-c5ccc6c(c5)C(C)(c5ccccc5)c5ccccc5-6)cc4)c4ccc(-c5ccc6c(ccc7ccccc76)c5)cc4)cc3)c21. The van der Waals surface area contributed by atoms with Gasteiger partial charge >= 0.3 is 0 Å². The van der Waals surface area contributed by atoms with Crippen LogP contribution in [0.4, 0.5) is 17.1 Å². The van der Waals surface area contributed by atoms with Crippen LogP contribution < -0.4 is 4.90 Å². The zero-order valence-electron chi connectivity index (χ0n) is 41.9. The highest BCUT2D eigenvalue weighted by atomic mass is 15.1. The van der Waals surface area contributed by atoms with Crippen molar-refractivity contribution in [2.24, 2.45) is 0 Å². The van der Waals surface area contributed by atoms with Crippen LogP contribution in [0.2, 0.25) is 0 Å². The van der Waals surface area contributed by atoms with Gasteiger partial charge in [0.05, 0.1) is 0 Å². The largest absolute Gasteiger partial charge is 0.311 e. The third-order valence-corrected chi connectivity index (χ3v) is 16.6. The normalized spacial score (nSPS) is 14.9. The quantitative estimate of drug-likeness (QED) is 0.137. The van der Waals surface area contributed by atoms with Gasteiger partial charge in [-0.15, -0.1) is 0 Å². The molecule has 2 aliphatic rings. The Morgan fingerprint density at radius 2 is 0.730 bits per heavy atom. The van der Waals surface area contributed by atoms with Crippen LogP contribution in [0.25, 0.3) is 88.3 Å². The Hall–Kier alpha value is -9.04. The fourth-order valence-electron chi connectivity index (χ4n) is 12.8. The van der Waals surface area contributed by atoms with Crippen LogP contribution in [-0.4, -0.2) is 0 Å². The third-order valence-electron chi connectivity index (χ3n) is 16.6. The van der Waals surface area contributed by atoms with Gasteiger partial charge < -0.3 is 4.90 Å². The molecular weight excluding hydrogens is 891 g/mol. The summed E-state index contributed by atoms with van der Waals surface area (Å²) in [5.41, 5.74) is 24.8. The molecule has 1 atom stereocenters. The Kier molecular flexibility index (Phi) is 10.1. The minimum Gasteiger partial charge on any atom is -0.311 e. The van der Waals surface area contributed by atoms with Gasteiger partial charge in [0.15, 0.2) is 0 Å². The first-order valence-electron chi connectivity index (χ1n) is 26.0. The summed E-state index contributed by atoms with van der Waals surface area (Å²) in [5.74, 6) is 0. The summed E-state index contributed by atoms with van der Waals surface area (Å²) >= 11 is 0. The Balaban J connectivity index is 0.844. The molecule has 0 spiro atoms. The number of nitrogens with zero attached hydrogens (tertiary/aromatic N) is 1. The molecular formula is C73H53N. The van der Waals surface area contributed by atoms with Crippen LogP contribution in [0.1, 0.15) is 48.6 Å². The molecule has 74 heavy (non-hydrogen) atoms. The molecule has 1 nitrogen and oxygen atoms in total. The van der Waals surface area contributed by atoms with Crippen molar-refractivity contribution in [2.45, 2.75) is 31.6 Å². The Bertz CT molecular complexity index is 4140. The highest BCUT2D eigenvalue weighted by Gasteiger charge is 2.41. The molecule has 2 aliphatic carbocycles. The Labute approximate surface area is 434 Å². The van der Waals surface area contributed by atoms with Crippen LogP contribution in [0.3, 0.4) is 0 Å². The molecule has 0 heterocycles. The molecule has 350 valence electrons. The van der Waals surface area contributed by atoms with Gasteiger partial charge in [0.1, 0.15) is 0 Å². The maximum atomic E-state index is 2.43. The highest BCUT2D eigenvalue weighted by molar-refractivity contribution is 6.08. The first-order chi connectivity index (χ1) is 36.3. The second-order valence-corrected chi connectivity index (χ2v) is 20.9. The van der Waals surface area contributed by atoms with E-state index in [1.165, 1.54) is 116 Å². The third kappa shape index (κ3) is 6.84. The standard InChI is InChI=1S/C73H53N/c1-72(2)68-26-13-11-23-64(68)67-25-15-24-66(71(67)72)62-21-10-9-20-60(62)51-34-42-58(43-35-51)74(56-38-30-48(31-39-56)52-36-44-61-54(46-52)29-28-50-16-7-8-19-59(50)61)57-40-32-49(33-41-57)53-37-45-65-63-22-12-14-27-69(63)73(3,70(65)47-53)55-17-5-4-6-18-55/h4-47H,1-3H3. The predicted molar refractivity (Wildman–Crippen MR) is 313 cm³/mol. The van der Waals surface area contributed by atoms with Gasteiger partial charge in [-0.05, 0) is 172 Å². The molecule has 12 aromatic rings. The summed E-state index contributed by atoms with van der Waals surface area (Å²) in [7, 11) is 0. The molecule has 0 bridgehead atoms. The number of benzene rings is 12. The smallest absolute Gasteiger partial charge is 0.0462 e. The second-order valence-electron chi connectivity index (χ2n) is 20.9. The molecule has 0 saturated heterocycles. The molecule has 14 rings (SSSR count). The molecule has 12 aromatic carbocycles. The molecule has 0 radical (unpaired) electrons. The van der Waals surface area contributed by atoms with E-state index in [1.807, 2.05) is 0 Å². The van der Waals surface area contributed by atoms with E-state index in [1.54, 1.807) is 0 Å². The van der Waals surface area contributed by atoms with Gasteiger partial charge in [-0.3, -0.25) is 0 Å². The van der Waals surface area contributed by atoms with E-state index in [4.69, 9.17) is 0 Å². The van der Waals surface area contributed by atoms with Gasteiger partial charge in [-0.2, -0.15) is 0 Å². The van der Waals surface area contributed by atoms with Crippen LogP contribution in [-0.2, 0) is 10.8 Å². The van der Waals surface area contributed by atoms with Gasteiger partial charge in [0, 0.05) is 27.9 Å². The summed E-state index contributed by atoms with van der Waals surface area (Å²) in [6, 6.07) is 99.1. The lowest BCUT2D eigenvalue weighted by molar-refractivity contribution is 0.662. The van der Waals surface area contributed by atoms with E-state index in [9.17, 15) is 0 Å². The number of fused-ring (bicyclic) bond motifs is 9. The van der Waals surface area contributed by atoms with E-state index >= 15 is 0 Å². The maximum absolute atomic E-state index is 2.43. The fraction of sp³-hybridized carbons (Fsp3) is 0.0685. The van der Waals surface area contributed by atoms with Crippen LogP contribution in [0, 0.1) is 0 Å². The Morgan fingerprint density at radius 3 is 1.42 bits per heavy atom. The number of hydrogen-bond donors (Lipinski definition) is 0. The number of rotatable bonds is 8. The number of anilines is 3. The van der Waals surface area contributed by atoms with Crippen molar-refractivity contribution in [1.82, 2.24) is 0 Å². The first kappa shape index (κ1) is 43.7. The summed E-state index contributed by atoms with van der Waals surface area (Å²) in [5, 5.41) is 5.08. The van der Waals surface area contributed by atoms with Crippen molar-refractivity contribution in [2.75, 3.05) is 4.90 Å². The van der Waals surface area contributed by atoms with Crippen molar-refractivity contribution < 1.29 is 0 Å². The van der Waals surface area contributed by atoms with Gasteiger partial charge in [-0.1, -0.05) is 232 Å². The van der Waals surface area contributed by atoms with Gasteiger partial charge in [0.25, 0.3) is 0 Å². The topological polar surface area (TPSA) is 3.24 Å². The molecule has 0 saturated carbocycles. The molecule has 0 amide bonds. The van der Waals surface area contributed by atoms with E-state index in [2.05, 4.69) is 293 Å².